The van der Waals surface area contributed by atoms with E-state index in [1.54, 1.807) is 0 Å². The van der Waals surface area contributed by atoms with Crippen molar-refractivity contribution in [2.75, 3.05) is 73.0 Å². The molecule has 2 aliphatic heterocycles. The van der Waals surface area contributed by atoms with Crippen LogP contribution in [0.3, 0.4) is 0 Å². The number of benzene rings is 1. The Hall–Kier alpha value is -2.32. The number of nitrogens with one attached hydrogen (secondary N) is 2. The summed E-state index contributed by atoms with van der Waals surface area (Å²) in [5, 5.41) is 5.88. The Bertz CT molecular complexity index is 610. The maximum Gasteiger partial charge on any atom is 0.221 e. The highest BCUT2D eigenvalue weighted by molar-refractivity contribution is 5.99. The topological polar surface area (TPSA) is 83.1 Å². The maximum atomic E-state index is 11.7. The number of morpholine rings is 2. The molecule has 8 heteroatoms. The number of anilines is 4. The largest absolute Gasteiger partial charge is 0.378 e. The molecule has 3 rings (SSSR count). The first-order valence-electron chi connectivity index (χ1n) is 8.93. The number of ether oxygens (including phenoxy) is 2. The molecule has 8 nitrogen and oxygen atoms in total. The van der Waals surface area contributed by atoms with Crippen molar-refractivity contribution in [2.45, 2.75) is 13.8 Å². The van der Waals surface area contributed by atoms with Gasteiger partial charge in [0.05, 0.1) is 49.2 Å². The van der Waals surface area contributed by atoms with E-state index in [0.717, 1.165) is 48.9 Å². The molecular weight excluding hydrogens is 336 g/mol. The standard InChI is InChI=1S/C18H26N4O4/c1-13(23)19-15-11-18(22-5-9-26-10-6-22)16(20-14(2)24)12-17(15)21-3-7-25-8-4-21/h11-12H,3-10H2,1-2H3,(H,19,23)(H,20,24). The fourth-order valence-electron chi connectivity index (χ4n) is 3.29. The zero-order valence-corrected chi connectivity index (χ0v) is 15.3. The molecule has 0 radical (unpaired) electrons. The second-order valence-electron chi connectivity index (χ2n) is 6.45. The lowest BCUT2D eigenvalue weighted by molar-refractivity contribution is -0.115. The van der Waals surface area contributed by atoms with Gasteiger partial charge in [0, 0.05) is 40.0 Å². The third-order valence-electron chi connectivity index (χ3n) is 4.44. The van der Waals surface area contributed by atoms with Crippen LogP contribution >= 0.6 is 0 Å². The number of carbonyl (C=O) groups is 2. The van der Waals surface area contributed by atoms with Gasteiger partial charge in [-0.15, -0.1) is 0 Å². The van der Waals surface area contributed by atoms with E-state index in [1.165, 1.54) is 13.8 Å². The van der Waals surface area contributed by atoms with Crippen LogP contribution in [-0.2, 0) is 19.1 Å². The van der Waals surface area contributed by atoms with E-state index < -0.39 is 0 Å². The molecule has 0 saturated carbocycles. The Kier molecular flexibility index (Phi) is 5.95. The predicted octanol–water partition coefficient (Wildman–Crippen LogP) is 1.28. The lowest BCUT2D eigenvalue weighted by Gasteiger charge is -2.34. The van der Waals surface area contributed by atoms with Crippen LogP contribution in [-0.4, -0.2) is 64.4 Å². The first kappa shape index (κ1) is 18.5. The predicted molar refractivity (Wildman–Crippen MR) is 101 cm³/mol. The summed E-state index contributed by atoms with van der Waals surface area (Å²) in [5.41, 5.74) is 3.28. The van der Waals surface area contributed by atoms with Crippen LogP contribution in [0.1, 0.15) is 13.8 Å². The number of amides is 2. The average molecular weight is 362 g/mol. The lowest BCUT2D eigenvalue weighted by Crippen LogP contribution is -2.38. The highest BCUT2D eigenvalue weighted by Gasteiger charge is 2.22. The first-order valence-corrected chi connectivity index (χ1v) is 8.93. The third kappa shape index (κ3) is 4.44. The molecule has 0 atom stereocenters. The van der Waals surface area contributed by atoms with Gasteiger partial charge in [-0.1, -0.05) is 0 Å². The van der Waals surface area contributed by atoms with Gasteiger partial charge in [-0.3, -0.25) is 9.59 Å². The molecule has 0 bridgehead atoms. The molecule has 142 valence electrons. The molecule has 2 aliphatic rings. The monoisotopic (exact) mass is 362 g/mol. The van der Waals surface area contributed by atoms with Crippen LogP contribution in [0.2, 0.25) is 0 Å². The minimum Gasteiger partial charge on any atom is -0.378 e. The van der Waals surface area contributed by atoms with Gasteiger partial charge in [0.25, 0.3) is 0 Å². The van der Waals surface area contributed by atoms with Crippen LogP contribution in [0, 0.1) is 0 Å². The van der Waals surface area contributed by atoms with Gasteiger partial charge < -0.3 is 29.9 Å². The number of hydrogen-bond donors (Lipinski definition) is 2. The lowest BCUT2D eigenvalue weighted by atomic mass is 10.1. The van der Waals surface area contributed by atoms with Gasteiger partial charge in [0.15, 0.2) is 0 Å². The average Bonchev–Trinajstić information content (AvgIpc) is 2.63. The summed E-state index contributed by atoms with van der Waals surface area (Å²) in [5.74, 6) is -0.251. The minimum atomic E-state index is -0.125. The molecule has 0 unspecified atom stereocenters. The normalized spacial score (nSPS) is 17.8. The van der Waals surface area contributed by atoms with E-state index >= 15 is 0 Å². The summed E-state index contributed by atoms with van der Waals surface area (Å²) in [4.78, 5) is 27.8. The molecule has 1 aromatic rings. The van der Waals surface area contributed by atoms with Crippen molar-refractivity contribution in [3.8, 4) is 0 Å². The quantitative estimate of drug-likeness (QED) is 0.840. The van der Waals surface area contributed by atoms with E-state index in [4.69, 9.17) is 9.47 Å². The minimum absolute atomic E-state index is 0.125. The number of hydrogen-bond acceptors (Lipinski definition) is 6. The van der Waals surface area contributed by atoms with Crippen molar-refractivity contribution in [1.82, 2.24) is 0 Å². The van der Waals surface area contributed by atoms with Gasteiger partial charge in [-0.2, -0.15) is 0 Å². The maximum absolute atomic E-state index is 11.7. The number of carbonyl (C=O) groups excluding carboxylic acids is 2. The fourth-order valence-corrected chi connectivity index (χ4v) is 3.29. The van der Waals surface area contributed by atoms with Gasteiger partial charge in [0.1, 0.15) is 0 Å². The van der Waals surface area contributed by atoms with Gasteiger partial charge in [-0.05, 0) is 12.1 Å². The fraction of sp³-hybridized carbons (Fsp3) is 0.556. The van der Waals surface area contributed by atoms with E-state index in [2.05, 4.69) is 20.4 Å². The number of nitrogens with zero attached hydrogens (tertiary/aromatic N) is 2. The van der Waals surface area contributed by atoms with Gasteiger partial charge >= 0.3 is 0 Å². The van der Waals surface area contributed by atoms with E-state index in [0.29, 0.717) is 26.4 Å². The van der Waals surface area contributed by atoms with E-state index in [-0.39, 0.29) is 11.8 Å². The van der Waals surface area contributed by atoms with Crippen molar-refractivity contribution < 1.29 is 19.1 Å². The zero-order chi connectivity index (χ0) is 18.5. The van der Waals surface area contributed by atoms with Crippen molar-refractivity contribution in [1.29, 1.82) is 0 Å². The van der Waals surface area contributed by atoms with Crippen molar-refractivity contribution in [3.05, 3.63) is 12.1 Å². The first-order chi connectivity index (χ1) is 12.5. The summed E-state index contributed by atoms with van der Waals surface area (Å²) in [6.07, 6.45) is 0. The molecule has 2 N–H and O–H groups in total. The summed E-state index contributed by atoms with van der Waals surface area (Å²) in [6.45, 7) is 8.51. The summed E-state index contributed by atoms with van der Waals surface area (Å²) in [7, 11) is 0. The Morgan fingerprint density at radius 2 is 1.12 bits per heavy atom. The summed E-state index contributed by atoms with van der Waals surface area (Å²) in [6, 6.07) is 3.89. The Morgan fingerprint density at radius 1 is 0.769 bits per heavy atom. The summed E-state index contributed by atoms with van der Waals surface area (Å²) >= 11 is 0. The molecule has 2 amide bonds. The molecule has 0 aromatic heterocycles. The molecule has 2 heterocycles. The third-order valence-corrected chi connectivity index (χ3v) is 4.44. The van der Waals surface area contributed by atoms with Crippen molar-refractivity contribution in [2.24, 2.45) is 0 Å². The molecule has 26 heavy (non-hydrogen) atoms. The van der Waals surface area contributed by atoms with Crippen LogP contribution in [0.15, 0.2) is 12.1 Å². The van der Waals surface area contributed by atoms with Gasteiger partial charge in [-0.25, -0.2) is 0 Å². The van der Waals surface area contributed by atoms with Crippen LogP contribution in [0.25, 0.3) is 0 Å². The smallest absolute Gasteiger partial charge is 0.221 e. The Morgan fingerprint density at radius 3 is 1.42 bits per heavy atom. The highest BCUT2D eigenvalue weighted by Crippen LogP contribution is 2.38. The SMILES string of the molecule is CC(=O)Nc1cc(N2CCOCC2)c(NC(C)=O)cc1N1CCOCC1. The molecule has 0 spiro atoms. The second kappa shape index (κ2) is 8.37. The molecule has 0 aliphatic carbocycles. The molecule has 2 saturated heterocycles. The Balaban J connectivity index is 2.03. The Labute approximate surface area is 153 Å². The number of rotatable bonds is 4. The van der Waals surface area contributed by atoms with Crippen LogP contribution in [0.4, 0.5) is 22.7 Å². The van der Waals surface area contributed by atoms with E-state index in [1.807, 2.05) is 12.1 Å². The molecule has 1 aromatic carbocycles. The van der Waals surface area contributed by atoms with Gasteiger partial charge in [0.2, 0.25) is 11.8 Å². The highest BCUT2D eigenvalue weighted by atomic mass is 16.5. The van der Waals surface area contributed by atoms with E-state index in [9.17, 15) is 9.59 Å². The molecule has 2 fully saturated rings. The summed E-state index contributed by atoms with van der Waals surface area (Å²) < 4.78 is 10.9. The van der Waals surface area contributed by atoms with Crippen molar-refractivity contribution in [3.63, 3.8) is 0 Å². The van der Waals surface area contributed by atoms with Crippen LogP contribution < -0.4 is 20.4 Å². The molecular formula is C18H26N4O4. The van der Waals surface area contributed by atoms with Crippen LogP contribution in [0.5, 0.6) is 0 Å². The zero-order valence-electron chi connectivity index (χ0n) is 15.3. The second-order valence-corrected chi connectivity index (χ2v) is 6.45. The van der Waals surface area contributed by atoms with Crippen molar-refractivity contribution >= 4 is 34.6 Å².